The van der Waals surface area contributed by atoms with Crippen molar-refractivity contribution in [1.29, 1.82) is 0 Å². The summed E-state index contributed by atoms with van der Waals surface area (Å²) in [7, 11) is -1.27. The number of nitrogens with zero attached hydrogens (tertiary/aromatic N) is 3. The van der Waals surface area contributed by atoms with Gasteiger partial charge in [0.05, 0.1) is 35.8 Å². The number of halogens is 2. The summed E-state index contributed by atoms with van der Waals surface area (Å²) in [6, 6.07) is 3.28. The topological polar surface area (TPSA) is 117 Å². The number of H-pyrrole nitrogens is 1. The maximum atomic E-state index is 15.0. The number of benzene rings is 1. The third-order valence-electron chi connectivity index (χ3n) is 4.35. The molecule has 9 nitrogen and oxygen atoms in total. The molecule has 1 amide bonds. The van der Waals surface area contributed by atoms with Crippen molar-refractivity contribution in [2.45, 2.75) is 13.3 Å². The first-order valence-corrected chi connectivity index (χ1v) is 10.4. The highest BCUT2D eigenvalue weighted by Gasteiger charge is 2.27. The highest BCUT2D eigenvalue weighted by Crippen LogP contribution is 2.28. The molecule has 0 radical (unpaired) electrons. The first kappa shape index (κ1) is 21.4. The average Bonchev–Trinajstić information content (AvgIpc) is 3.10. The predicted octanol–water partition coefficient (Wildman–Crippen LogP) is 2.67. The van der Waals surface area contributed by atoms with Crippen molar-refractivity contribution in [1.82, 2.24) is 15.2 Å². The number of aromatic amines is 1. The molecular weight excluding hydrogens is 420 g/mol. The molecule has 0 bridgehead atoms. The van der Waals surface area contributed by atoms with Crippen LogP contribution in [0.3, 0.4) is 0 Å². The predicted molar refractivity (Wildman–Crippen MR) is 107 cm³/mol. The highest BCUT2D eigenvalue weighted by molar-refractivity contribution is 7.92. The Labute approximate surface area is 171 Å². The van der Waals surface area contributed by atoms with Gasteiger partial charge >= 0.3 is 0 Å². The Kier molecular flexibility index (Phi) is 5.87. The lowest BCUT2D eigenvalue weighted by Crippen LogP contribution is -2.30. The molecule has 0 atom stereocenters. The van der Waals surface area contributed by atoms with Crippen LogP contribution in [0.4, 0.5) is 20.2 Å². The number of hydrogen-bond acceptors (Lipinski definition) is 6. The molecule has 0 saturated carbocycles. The molecule has 0 aliphatic rings. The van der Waals surface area contributed by atoms with Gasteiger partial charge in [-0.15, -0.1) is 5.10 Å². The molecule has 3 rings (SSSR count). The van der Waals surface area contributed by atoms with E-state index in [-0.39, 0.29) is 17.3 Å². The van der Waals surface area contributed by atoms with Crippen LogP contribution >= 0.6 is 0 Å². The Morgan fingerprint density at radius 1 is 1.33 bits per heavy atom. The third kappa shape index (κ3) is 3.90. The van der Waals surface area contributed by atoms with Crippen molar-refractivity contribution in [3.8, 4) is 5.88 Å². The maximum Gasteiger partial charge on any atom is 0.261 e. The smallest absolute Gasteiger partial charge is 0.261 e. The first-order valence-electron chi connectivity index (χ1n) is 8.83. The van der Waals surface area contributed by atoms with E-state index in [0.717, 1.165) is 19.2 Å². The fraction of sp³-hybridized carbons (Fsp3) is 0.278. The number of aromatic nitrogens is 3. The molecule has 0 unspecified atom stereocenters. The van der Waals surface area contributed by atoms with Gasteiger partial charge < -0.3 is 10.1 Å². The molecule has 0 aliphatic heterocycles. The zero-order valence-corrected chi connectivity index (χ0v) is 17.2. The van der Waals surface area contributed by atoms with Crippen LogP contribution in [-0.2, 0) is 10.0 Å². The van der Waals surface area contributed by atoms with Gasteiger partial charge in [-0.25, -0.2) is 22.2 Å². The lowest BCUT2D eigenvalue weighted by Gasteiger charge is -2.21. The molecular formula is C18H19F2N5O4S. The molecule has 3 aromatic rings. The van der Waals surface area contributed by atoms with E-state index in [0.29, 0.717) is 21.8 Å². The summed E-state index contributed by atoms with van der Waals surface area (Å²) in [5.74, 6) is -3.51. The molecule has 1 aromatic carbocycles. The van der Waals surface area contributed by atoms with Crippen LogP contribution < -0.4 is 14.4 Å². The number of sulfonamides is 1. The summed E-state index contributed by atoms with van der Waals surface area (Å²) in [5.41, 5.74) is -0.805. The quantitative estimate of drug-likeness (QED) is 0.585. The monoisotopic (exact) mass is 439 g/mol. The number of nitrogens with one attached hydrogen (secondary N) is 2. The Balaban J connectivity index is 1.96. The minimum Gasteiger partial charge on any atom is -0.479 e. The summed E-state index contributed by atoms with van der Waals surface area (Å²) in [6.07, 6.45) is 1.59. The van der Waals surface area contributed by atoms with E-state index >= 15 is 0 Å². The van der Waals surface area contributed by atoms with Gasteiger partial charge in [0.15, 0.2) is 11.5 Å². The van der Waals surface area contributed by atoms with Crippen molar-refractivity contribution in [2.24, 2.45) is 0 Å². The van der Waals surface area contributed by atoms with Crippen molar-refractivity contribution >= 4 is 38.3 Å². The van der Waals surface area contributed by atoms with Gasteiger partial charge in [-0.3, -0.25) is 14.2 Å². The number of pyridine rings is 1. The Bertz CT molecular complexity index is 1210. The SMILES string of the molecule is CCCS(=O)(=O)N(C)c1ccc(F)c(C(=O)Nc2cnc3[nH]nc(OC)c3c2)c1F. The normalized spacial score (nSPS) is 11.5. The summed E-state index contributed by atoms with van der Waals surface area (Å²) in [5, 5.41) is 9.33. The maximum absolute atomic E-state index is 15.0. The Morgan fingerprint density at radius 3 is 2.73 bits per heavy atom. The number of methoxy groups -OCH3 is 1. The van der Waals surface area contributed by atoms with Gasteiger partial charge in [-0.2, -0.15) is 0 Å². The van der Waals surface area contributed by atoms with Crippen molar-refractivity contribution in [3.05, 3.63) is 41.6 Å². The van der Waals surface area contributed by atoms with E-state index in [9.17, 15) is 22.0 Å². The number of anilines is 2. The second kappa shape index (κ2) is 8.22. The molecule has 2 aromatic heterocycles. The minimum atomic E-state index is -3.82. The lowest BCUT2D eigenvalue weighted by molar-refractivity contribution is 0.101. The molecule has 0 fully saturated rings. The van der Waals surface area contributed by atoms with Crippen LogP contribution in [0.5, 0.6) is 5.88 Å². The Hall–Kier alpha value is -3.28. The van der Waals surface area contributed by atoms with E-state index in [2.05, 4.69) is 20.5 Å². The zero-order chi connectivity index (χ0) is 22.1. The van der Waals surface area contributed by atoms with Gasteiger partial charge in [0.2, 0.25) is 15.9 Å². The van der Waals surface area contributed by atoms with E-state index in [1.54, 1.807) is 6.92 Å². The van der Waals surface area contributed by atoms with Gasteiger partial charge in [0.25, 0.3) is 5.91 Å². The molecule has 160 valence electrons. The number of fused-ring (bicyclic) bond motifs is 1. The van der Waals surface area contributed by atoms with Gasteiger partial charge in [0, 0.05) is 7.05 Å². The molecule has 0 spiro atoms. The van der Waals surface area contributed by atoms with E-state index < -0.39 is 38.8 Å². The zero-order valence-electron chi connectivity index (χ0n) is 16.4. The van der Waals surface area contributed by atoms with E-state index in [4.69, 9.17) is 4.74 Å². The number of carbonyl (C=O) groups excluding carboxylic acids is 1. The summed E-state index contributed by atoms with van der Waals surface area (Å²) in [6.45, 7) is 1.66. The second-order valence-electron chi connectivity index (χ2n) is 6.35. The van der Waals surface area contributed by atoms with Crippen LogP contribution in [0.2, 0.25) is 0 Å². The van der Waals surface area contributed by atoms with Gasteiger partial charge in [-0.1, -0.05) is 6.92 Å². The summed E-state index contributed by atoms with van der Waals surface area (Å²) in [4.78, 5) is 16.6. The minimum absolute atomic E-state index is 0.142. The lowest BCUT2D eigenvalue weighted by atomic mass is 10.1. The van der Waals surface area contributed by atoms with Gasteiger partial charge in [0.1, 0.15) is 11.4 Å². The number of carbonyl (C=O) groups is 1. The number of rotatable bonds is 7. The van der Waals surface area contributed by atoms with Crippen LogP contribution in [0, 0.1) is 11.6 Å². The number of hydrogen-bond donors (Lipinski definition) is 2. The second-order valence-corrected chi connectivity index (χ2v) is 8.47. The molecule has 30 heavy (non-hydrogen) atoms. The van der Waals surface area contributed by atoms with Crippen LogP contribution in [0.1, 0.15) is 23.7 Å². The van der Waals surface area contributed by atoms with Crippen molar-refractivity contribution in [2.75, 3.05) is 29.5 Å². The van der Waals surface area contributed by atoms with Crippen LogP contribution in [0.25, 0.3) is 11.0 Å². The Morgan fingerprint density at radius 2 is 2.07 bits per heavy atom. The number of amides is 1. The van der Waals surface area contributed by atoms with Gasteiger partial charge in [-0.05, 0) is 24.6 Å². The first-order chi connectivity index (χ1) is 14.2. The van der Waals surface area contributed by atoms with Crippen molar-refractivity contribution < 1.29 is 26.7 Å². The van der Waals surface area contributed by atoms with Crippen LogP contribution in [0.15, 0.2) is 24.4 Å². The fourth-order valence-corrected chi connectivity index (χ4v) is 4.07. The number of ether oxygens (including phenoxy) is 1. The van der Waals surface area contributed by atoms with E-state index in [1.807, 2.05) is 0 Å². The third-order valence-corrected chi connectivity index (χ3v) is 6.30. The summed E-state index contributed by atoms with van der Waals surface area (Å²) < 4.78 is 59.5. The molecule has 0 saturated heterocycles. The highest BCUT2D eigenvalue weighted by atomic mass is 32.2. The van der Waals surface area contributed by atoms with E-state index in [1.165, 1.54) is 19.4 Å². The van der Waals surface area contributed by atoms with Crippen molar-refractivity contribution in [3.63, 3.8) is 0 Å². The summed E-state index contributed by atoms with van der Waals surface area (Å²) >= 11 is 0. The molecule has 0 aliphatic carbocycles. The molecule has 2 heterocycles. The van der Waals surface area contributed by atoms with Crippen LogP contribution in [-0.4, -0.2) is 49.4 Å². The molecule has 2 N–H and O–H groups in total. The largest absolute Gasteiger partial charge is 0.479 e. The fourth-order valence-electron chi connectivity index (χ4n) is 2.84. The molecule has 12 heteroatoms. The standard InChI is InChI=1S/C18H19F2N5O4S/c1-4-7-30(27,28)25(2)13-6-5-12(19)14(15(13)20)17(26)22-10-8-11-16(21-9-10)23-24-18(11)29-3/h5-6,8-9H,4,7H2,1-3H3,(H,22,26)(H,21,23,24). The average molecular weight is 439 g/mol.